The van der Waals surface area contributed by atoms with Gasteiger partial charge in [0.2, 0.25) is 0 Å². The standard InChI is InChI=1S/C21H23N5/c1-15-8-11-25(12-15)21-20(22-9-10-23-21)17-13-26(14-17)19-7-6-16-4-2-3-5-18(16)24-19/h2-7,9-10,15,17H,8,11-14H2,1H3/t15-/m0/s1. The van der Waals surface area contributed by atoms with Crippen LogP contribution in [-0.2, 0) is 0 Å². The van der Waals surface area contributed by atoms with Crippen molar-refractivity contribution >= 4 is 22.5 Å². The van der Waals surface area contributed by atoms with Crippen LogP contribution in [0.15, 0.2) is 48.8 Å². The molecular formula is C21H23N5. The zero-order chi connectivity index (χ0) is 17.5. The third-order valence-corrected chi connectivity index (χ3v) is 5.61. The molecule has 0 bridgehead atoms. The van der Waals surface area contributed by atoms with Gasteiger partial charge in [-0.3, -0.25) is 4.98 Å². The second kappa shape index (κ2) is 6.24. The summed E-state index contributed by atoms with van der Waals surface area (Å²) >= 11 is 0. The third-order valence-electron chi connectivity index (χ3n) is 5.61. The number of nitrogens with zero attached hydrogens (tertiary/aromatic N) is 5. The number of aromatic nitrogens is 3. The van der Waals surface area contributed by atoms with Gasteiger partial charge in [0.1, 0.15) is 5.82 Å². The van der Waals surface area contributed by atoms with Crippen LogP contribution in [0.3, 0.4) is 0 Å². The quantitative estimate of drug-likeness (QED) is 0.727. The molecule has 0 N–H and O–H groups in total. The van der Waals surface area contributed by atoms with Crippen LogP contribution in [0.1, 0.15) is 25.0 Å². The van der Waals surface area contributed by atoms with Gasteiger partial charge in [0.25, 0.3) is 0 Å². The van der Waals surface area contributed by atoms with Crippen molar-refractivity contribution in [3.05, 3.63) is 54.5 Å². The molecule has 1 aromatic carbocycles. The van der Waals surface area contributed by atoms with Crippen molar-refractivity contribution in [1.29, 1.82) is 0 Å². The van der Waals surface area contributed by atoms with E-state index in [-0.39, 0.29) is 0 Å². The average Bonchev–Trinajstić information content (AvgIpc) is 3.07. The molecule has 5 heteroatoms. The van der Waals surface area contributed by atoms with Crippen molar-refractivity contribution in [2.24, 2.45) is 5.92 Å². The molecule has 26 heavy (non-hydrogen) atoms. The molecule has 0 spiro atoms. The molecule has 5 nitrogen and oxygen atoms in total. The Morgan fingerprint density at radius 1 is 0.923 bits per heavy atom. The fraction of sp³-hybridized carbons (Fsp3) is 0.381. The molecular weight excluding hydrogens is 322 g/mol. The number of fused-ring (bicyclic) bond motifs is 1. The topological polar surface area (TPSA) is 45.2 Å². The van der Waals surface area contributed by atoms with E-state index < -0.39 is 0 Å². The van der Waals surface area contributed by atoms with Crippen LogP contribution >= 0.6 is 0 Å². The molecule has 2 aliphatic rings. The summed E-state index contributed by atoms with van der Waals surface area (Å²) in [5.74, 6) is 3.32. The largest absolute Gasteiger partial charge is 0.355 e. The molecule has 4 heterocycles. The average molecular weight is 345 g/mol. The van der Waals surface area contributed by atoms with E-state index in [9.17, 15) is 0 Å². The molecule has 0 unspecified atom stereocenters. The molecule has 2 aromatic heterocycles. The summed E-state index contributed by atoms with van der Waals surface area (Å²) in [6, 6.07) is 12.6. The summed E-state index contributed by atoms with van der Waals surface area (Å²) in [6.07, 6.45) is 4.90. The summed E-state index contributed by atoms with van der Waals surface area (Å²) in [4.78, 5) is 18.9. The number of anilines is 2. The predicted molar refractivity (Wildman–Crippen MR) is 105 cm³/mol. The number of para-hydroxylation sites is 1. The number of pyridine rings is 1. The van der Waals surface area contributed by atoms with Gasteiger partial charge in [0.05, 0.1) is 11.2 Å². The van der Waals surface area contributed by atoms with Gasteiger partial charge >= 0.3 is 0 Å². The van der Waals surface area contributed by atoms with Crippen LogP contribution in [-0.4, -0.2) is 41.1 Å². The molecule has 132 valence electrons. The number of benzene rings is 1. The SMILES string of the molecule is C[C@H]1CCN(c2nccnc2C2CN(c3ccc4ccccc4n3)C2)C1. The monoisotopic (exact) mass is 345 g/mol. The Bertz CT molecular complexity index is 934. The van der Waals surface area contributed by atoms with Gasteiger partial charge in [0.15, 0.2) is 5.82 Å². The molecule has 2 aliphatic heterocycles. The first kappa shape index (κ1) is 15.6. The van der Waals surface area contributed by atoms with Crippen molar-refractivity contribution < 1.29 is 0 Å². The van der Waals surface area contributed by atoms with E-state index in [4.69, 9.17) is 9.97 Å². The Hall–Kier alpha value is -2.69. The van der Waals surface area contributed by atoms with E-state index in [1.807, 2.05) is 18.5 Å². The highest BCUT2D eigenvalue weighted by atomic mass is 15.3. The van der Waals surface area contributed by atoms with Crippen LogP contribution in [0.5, 0.6) is 0 Å². The van der Waals surface area contributed by atoms with Crippen molar-refractivity contribution in [3.8, 4) is 0 Å². The third kappa shape index (κ3) is 2.68. The molecule has 0 saturated carbocycles. The van der Waals surface area contributed by atoms with E-state index >= 15 is 0 Å². The predicted octanol–water partition coefficient (Wildman–Crippen LogP) is 3.47. The molecule has 0 amide bonds. The molecule has 1 atom stereocenters. The number of hydrogen-bond acceptors (Lipinski definition) is 5. The molecule has 2 fully saturated rings. The lowest BCUT2D eigenvalue weighted by atomic mass is 9.95. The van der Waals surface area contributed by atoms with Gasteiger partial charge in [-0.1, -0.05) is 25.1 Å². The van der Waals surface area contributed by atoms with Crippen molar-refractivity contribution in [2.45, 2.75) is 19.3 Å². The lowest BCUT2D eigenvalue weighted by Crippen LogP contribution is -2.46. The van der Waals surface area contributed by atoms with Crippen molar-refractivity contribution in [3.63, 3.8) is 0 Å². The fourth-order valence-corrected chi connectivity index (χ4v) is 4.07. The van der Waals surface area contributed by atoms with Crippen LogP contribution in [0.4, 0.5) is 11.6 Å². The Balaban J connectivity index is 1.35. The van der Waals surface area contributed by atoms with Gasteiger partial charge in [-0.25, -0.2) is 9.97 Å². The summed E-state index contributed by atoms with van der Waals surface area (Å²) in [7, 11) is 0. The van der Waals surface area contributed by atoms with Crippen LogP contribution in [0.2, 0.25) is 0 Å². The van der Waals surface area contributed by atoms with Crippen LogP contribution in [0.25, 0.3) is 10.9 Å². The van der Waals surface area contributed by atoms with Crippen molar-refractivity contribution in [1.82, 2.24) is 15.0 Å². The zero-order valence-electron chi connectivity index (χ0n) is 15.0. The van der Waals surface area contributed by atoms with E-state index in [0.29, 0.717) is 5.92 Å². The molecule has 5 rings (SSSR count). The zero-order valence-corrected chi connectivity index (χ0v) is 15.0. The first-order chi connectivity index (χ1) is 12.8. The maximum Gasteiger partial charge on any atom is 0.150 e. The van der Waals surface area contributed by atoms with E-state index in [1.54, 1.807) is 0 Å². The summed E-state index contributed by atoms with van der Waals surface area (Å²) in [5.41, 5.74) is 2.21. The Kier molecular flexibility index (Phi) is 3.73. The maximum absolute atomic E-state index is 4.81. The fourth-order valence-electron chi connectivity index (χ4n) is 4.07. The lowest BCUT2D eigenvalue weighted by Gasteiger charge is -2.40. The molecule has 3 aromatic rings. The second-order valence-corrected chi connectivity index (χ2v) is 7.57. The normalized spacial score (nSPS) is 20.6. The van der Waals surface area contributed by atoms with Gasteiger partial charge in [-0.2, -0.15) is 0 Å². The minimum absolute atomic E-state index is 0.433. The summed E-state index contributed by atoms with van der Waals surface area (Å²) < 4.78 is 0. The summed E-state index contributed by atoms with van der Waals surface area (Å²) in [5, 5.41) is 1.19. The van der Waals surface area contributed by atoms with Gasteiger partial charge in [-0.05, 0) is 30.5 Å². The van der Waals surface area contributed by atoms with Gasteiger partial charge < -0.3 is 9.80 Å². The smallest absolute Gasteiger partial charge is 0.150 e. The minimum atomic E-state index is 0.433. The molecule has 0 radical (unpaired) electrons. The van der Waals surface area contributed by atoms with Gasteiger partial charge in [0, 0.05) is 49.9 Å². The first-order valence-electron chi connectivity index (χ1n) is 9.44. The minimum Gasteiger partial charge on any atom is -0.355 e. The first-order valence-corrected chi connectivity index (χ1v) is 9.44. The second-order valence-electron chi connectivity index (χ2n) is 7.57. The Morgan fingerprint density at radius 3 is 2.62 bits per heavy atom. The van der Waals surface area contributed by atoms with Crippen LogP contribution in [0, 0.1) is 5.92 Å². The molecule has 2 saturated heterocycles. The summed E-state index contributed by atoms with van der Waals surface area (Å²) in [6.45, 7) is 6.41. The van der Waals surface area contributed by atoms with Crippen molar-refractivity contribution in [2.75, 3.05) is 36.0 Å². The number of hydrogen-bond donors (Lipinski definition) is 0. The highest BCUT2D eigenvalue weighted by molar-refractivity contribution is 5.80. The van der Waals surface area contributed by atoms with E-state index in [0.717, 1.165) is 54.9 Å². The highest BCUT2D eigenvalue weighted by Crippen LogP contribution is 2.35. The van der Waals surface area contributed by atoms with Gasteiger partial charge in [-0.15, -0.1) is 0 Å². The van der Waals surface area contributed by atoms with E-state index in [2.05, 4.69) is 52.0 Å². The number of rotatable bonds is 3. The Labute approximate surface area is 153 Å². The van der Waals surface area contributed by atoms with E-state index in [1.165, 1.54) is 11.8 Å². The molecule has 0 aliphatic carbocycles. The lowest BCUT2D eigenvalue weighted by molar-refractivity contribution is 0.507. The maximum atomic E-state index is 4.81. The van der Waals surface area contributed by atoms with Crippen LogP contribution < -0.4 is 9.80 Å². The Morgan fingerprint density at radius 2 is 1.77 bits per heavy atom. The highest BCUT2D eigenvalue weighted by Gasteiger charge is 2.34.